The summed E-state index contributed by atoms with van der Waals surface area (Å²) in [6.07, 6.45) is 2.10. The van der Waals surface area contributed by atoms with Crippen LogP contribution in [0.4, 0.5) is 0 Å². The second kappa shape index (κ2) is 10.2. The van der Waals surface area contributed by atoms with Gasteiger partial charge in [-0.15, -0.1) is 0 Å². The lowest BCUT2D eigenvalue weighted by molar-refractivity contribution is 0.184. The Hall–Kier alpha value is -1.02. The zero-order valence-electron chi connectivity index (χ0n) is 11.9. The number of ether oxygens (including phenoxy) is 2. The zero-order chi connectivity index (χ0) is 13.1. The highest BCUT2D eigenvalue weighted by atomic mass is 16.5. The van der Waals surface area contributed by atoms with Crippen LogP contribution < -0.4 is 4.74 Å². The molecule has 0 amide bonds. The SMILES string of the molecule is CC.COCCCCOc1ccc(C)cc1C. The van der Waals surface area contributed by atoms with E-state index < -0.39 is 0 Å². The summed E-state index contributed by atoms with van der Waals surface area (Å²) < 4.78 is 10.7. The van der Waals surface area contributed by atoms with Crippen molar-refractivity contribution in [3.63, 3.8) is 0 Å². The van der Waals surface area contributed by atoms with Crippen molar-refractivity contribution < 1.29 is 9.47 Å². The molecule has 0 radical (unpaired) electrons. The molecule has 17 heavy (non-hydrogen) atoms. The Morgan fingerprint density at radius 1 is 1.00 bits per heavy atom. The van der Waals surface area contributed by atoms with Gasteiger partial charge in [-0.05, 0) is 38.3 Å². The predicted octanol–water partition coefficient (Wildman–Crippen LogP) is 4.14. The number of aryl methyl sites for hydroxylation is 2. The zero-order valence-corrected chi connectivity index (χ0v) is 11.9. The summed E-state index contributed by atoms with van der Waals surface area (Å²) in [6, 6.07) is 6.27. The van der Waals surface area contributed by atoms with Crippen molar-refractivity contribution in [2.75, 3.05) is 20.3 Å². The molecule has 0 bridgehead atoms. The molecule has 0 aromatic heterocycles. The molecular weight excluding hydrogens is 212 g/mol. The van der Waals surface area contributed by atoms with Gasteiger partial charge in [-0.3, -0.25) is 0 Å². The number of hydrogen-bond donors (Lipinski definition) is 0. The van der Waals surface area contributed by atoms with Gasteiger partial charge in [-0.25, -0.2) is 0 Å². The molecule has 0 atom stereocenters. The lowest BCUT2D eigenvalue weighted by Gasteiger charge is -2.09. The second-order valence-corrected chi connectivity index (χ2v) is 3.82. The third-order valence-corrected chi connectivity index (χ3v) is 2.33. The van der Waals surface area contributed by atoms with Crippen molar-refractivity contribution in [1.29, 1.82) is 0 Å². The summed E-state index contributed by atoms with van der Waals surface area (Å²) in [5, 5.41) is 0. The minimum absolute atomic E-state index is 0.771. The maximum Gasteiger partial charge on any atom is 0.122 e. The van der Waals surface area contributed by atoms with Gasteiger partial charge in [-0.1, -0.05) is 31.5 Å². The highest BCUT2D eigenvalue weighted by Crippen LogP contribution is 2.18. The van der Waals surface area contributed by atoms with Crippen LogP contribution in [0, 0.1) is 13.8 Å². The fourth-order valence-electron chi connectivity index (χ4n) is 1.49. The van der Waals surface area contributed by atoms with Crippen molar-refractivity contribution in [2.24, 2.45) is 0 Å². The Morgan fingerprint density at radius 2 is 1.65 bits per heavy atom. The van der Waals surface area contributed by atoms with E-state index in [1.807, 2.05) is 19.9 Å². The predicted molar refractivity (Wildman–Crippen MR) is 73.9 cm³/mol. The van der Waals surface area contributed by atoms with E-state index >= 15 is 0 Å². The van der Waals surface area contributed by atoms with Gasteiger partial charge >= 0.3 is 0 Å². The van der Waals surface area contributed by atoms with Gasteiger partial charge in [0.15, 0.2) is 0 Å². The molecule has 0 unspecified atom stereocenters. The summed E-state index contributed by atoms with van der Waals surface area (Å²) in [5.41, 5.74) is 2.49. The summed E-state index contributed by atoms with van der Waals surface area (Å²) >= 11 is 0. The second-order valence-electron chi connectivity index (χ2n) is 3.82. The van der Waals surface area contributed by atoms with Crippen molar-refractivity contribution in [3.8, 4) is 5.75 Å². The molecule has 0 aliphatic rings. The number of methoxy groups -OCH3 is 1. The largest absolute Gasteiger partial charge is 0.493 e. The van der Waals surface area contributed by atoms with Crippen LogP contribution in [-0.4, -0.2) is 20.3 Å². The summed E-state index contributed by atoms with van der Waals surface area (Å²) in [4.78, 5) is 0. The van der Waals surface area contributed by atoms with E-state index in [0.29, 0.717) is 0 Å². The minimum atomic E-state index is 0.771. The maximum absolute atomic E-state index is 5.68. The first-order valence-electron chi connectivity index (χ1n) is 6.43. The number of rotatable bonds is 6. The van der Waals surface area contributed by atoms with Gasteiger partial charge in [0, 0.05) is 13.7 Å². The molecule has 0 spiro atoms. The molecule has 1 aromatic carbocycles. The summed E-state index contributed by atoms with van der Waals surface area (Å²) in [6.45, 7) is 9.76. The van der Waals surface area contributed by atoms with E-state index in [4.69, 9.17) is 9.47 Å². The Labute approximate surface area is 106 Å². The van der Waals surface area contributed by atoms with E-state index in [1.165, 1.54) is 11.1 Å². The van der Waals surface area contributed by atoms with Gasteiger partial charge in [0.2, 0.25) is 0 Å². The van der Waals surface area contributed by atoms with Crippen LogP contribution in [0.2, 0.25) is 0 Å². The molecule has 2 heteroatoms. The van der Waals surface area contributed by atoms with Crippen LogP contribution in [0.5, 0.6) is 5.75 Å². The van der Waals surface area contributed by atoms with E-state index in [-0.39, 0.29) is 0 Å². The highest BCUT2D eigenvalue weighted by molar-refractivity contribution is 5.35. The van der Waals surface area contributed by atoms with Crippen LogP contribution in [0.3, 0.4) is 0 Å². The fraction of sp³-hybridized carbons (Fsp3) is 0.600. The van der Waals surface area contributed by atoms with Crippen LogP contribution in [0.25, 0.3) is 0 Å². The van der Waals surface area contributed by atoms with Gasteiger partial charge in [-0.2, -0.15) is 0 Å². The molecule has 0 saturated heterocycles. The quantitative estimate of drug-likeness (QED) is 0.694. The Kier molecular flexibility index (Phi) is 9.55. The molecule has 0 saturated carbocycles. The topological polar surface area (TPSA) is 18.5 Å². The van der Waals surface area contributed by atoms with E-state index in [2.05, 4.69) is 26.0 Å². The average Bonchev–Trinajstić information content (AvgIpc) is 2.34. The monoisotopic (exact) mass is 238 g/mol. The highest BCUT2D eigenvalue weighted by Gasteiger charge is 1.98. The molecule has 0 N–H and O–H groups in total. The minimum Gasteiger partial charge on any atom is -0.493 e. The number of unbranched alkanes of at least 4 members (excludes halogenated alkanes) is 1. The summed E-state index contributed by atoms with van der Waals surface area (Å²) in [5.74, 6) is 0.998. The maximum atomic E-state index is 5.68. The Balaban J connectivity index is 0.00000121. The standard InChI is InChI=1S/C13H20O2.C2H6/c1-11-6-7-13(12(2)10-11)15-9-5-4-8-14-3;1-2/h6-7,10H,4-5,8-9H2,1-3H3;1-2H3. The first-order valence-corrected chi connectivity index (χ1v) is 6.43. The molecule has 0 fully saturated rings. The third kappa shape index (κ3) is 7.01. The molecule has 0 aliphatic heterocycles. The average molecular weight is 238 g/mol. The van der Waals surface area contributed by atoms with Gasteiger partial charge in [0.1, 0.15) is 5.75 Å². The Morgan fingerprint density at radius 3 is 2.24 bits per heavy atom. The summed E-state index contributed by atoms with van der Waals surface area (Å²) in [7, 11) is 1.73. The molecular formula is C15H26O2. The molecule has 0 aliphatic carbocycles. The van der Waals surface area contributed by atoms with E-state index in [9.17, 15) is 0 Å². The third-order valence-electron chi connectivity index (χ3n) is 2.33. The van der Waals surface area contributed by atoms with Gasteiger partial charge in [0.05, 0.1) is 6.61 Å². The fourth-order valence-corrected chi connectivity index (χ4v) is 1.49. The Bertz CT molecular complexity index is 295. The first kappa shape index (κ1) is 16.0. The van der Waals surface area contributed by atoms with Crippen LogP contribution in [0.15, 0.2) is 18.2 Å². The van der Waals surface area contributed by atoms with Gasteiger partial charge in [0.25, 0.3) is 0 Å². The molecule has 1 rings (SSSR count). The number of benzene rings is 1. The normalized spacial score (nSPS) is 9.47. The van der Waals surface area contributed by atoms with Crippen LogP contribution >= 0.6 is 0 Å². The molecule has 2 nitrogen and oxygen atoms in total. The lowest BCUT2D eigenvalue weighted by Crippen LogP contribution is -2.00. The van der Waals surface area contributed by atoms with E-state index in [0.717, 1.165) is 31.8 Å². The lowest BCUT2D eigenvalue weighted by atomic mass is 10.1. The van der Waals surface area contributed by atoms with Crippen molar-refractivity contribution in [3.05, 3.63) is 29.3 Å². The molecule has 0 heterocycles. The van der Waals surface area contributed by atoms with Crippen LogP contribution in [-0.2, 0) is 4.74 Å². The van der Waals surface area contributed by atoms with Crippen molar-refractivity contribution >= 4 is 0 Å². The molecule has 1 aromatic rings. The molecule has 98 valence electrons. The van der Waals surface area contributed by atoms with E-state index in [1.54, 1.807) is 7.11 Å². The van der Waals surface area contributed by atoms with Crippen molar-refractivity contribution in [1.82, 2.24) is 0 Å². The smallest absolute Gasteiger partial charge is 0.122 e. The van der Waals surface area contributed by atoms with Gasteiger partial charge < -0.3 is 9.47 Å². The van der Waals surface area contributed by atoms with Crippen LogP contribution in [0.1, 0.15) is 37.8 Å². The number of hydrogen-bond acceptors (Lipinski definition) is 2. The first-order chi connectivity index (χ1) is 8.24. The van der Waals surface area contributed by atoms with Crippen molar-refractivity contribution in [2.45, 2.75) is 40.5 Å².